The van der Waals surface area contributed by atoms with Gasteiger partial charge in [-0.15, -0.1) is 0 Å². The lowest BCUT2D eigenvalue weighted by Gasteiger charge is -2.09. The van der Waals surface area contributed by atoms with Crippen molar-refractivity contribution >= 4 is 23.4 Å². The standard InChI is InChI=1S/C14H19ClNOS/c1-17-16-13-8-4-7-11(13)12(15)9-14(16)18-10-5-2-3-6-10/h9-10H,2-8H2,1H3/q+1. The summed E-state index contributed by atoms with van der Waals surface area (Å²) in [5.74, 6) is 0. The molecule has 0 N–H and O–H groups in total. The van der Waals surface area contributed by atoms with Crippen LogP contribution in [0.15, 0.2) is 11.1 Å². The number of rotatable bonds is 3. The zero-order valence-electron chi connectivity index (χ0n) is 10.7. The molecule has 0 amide bonds. The molecule has 2 aliphatic rings. The van der Waals surface area contributed by atoms with E-state index in [1.165, 1.54) is 48.4 Å². The van der Waals surface area contributed by atoms with Crippen LogP contribution in [-0.4, -0.2) is 12.4 Å². The first-order chi connectivity index (χ1) is 8.79. The van der Waals surface area contributed by atoms with Crippen LogP contribution >= 0.6 is 23.4 Å². The van der Waals surface area contributed by atoms with E-state index in [0.717, 1.165) is 23.1 Å². The number of thioether (sulfide) groups is 1. The van der Waals surface area contributed by atoms with E-state index in [4.69, 9.17) is 16.4 Å². The normalized spacial score (nSPS) is 19.2. The van der Waals surface area contributed by atoms with Crippen LogP contribution in [0.25, 0.3) is 0 Å². The highest BCUT2D eigenvalue weighted by atomic mass is 35.5. The van der Waals surface area contributed by atoms with E-state index in [2.05, 4.69) is 6.07 Å². The highest BCUT2D eigenvalue weighted by molar-refractivity contribution is 7.99. The largest absolute Gasteiger partial charge is 0.293 e. The smallest absolute Gasteiger partial charge is 0.273 e. The first-order valence-corrected chi connectivity index (χ1v) is 8.03. The van der Waals surface area contributed by atoms with Crippen LogP contribution in [0, 0.1) is 0 Å². The molecular formula is C14H19ClNOS+. The van der Waals surface area contributed by atoms with Gasteiger partial charge >= 0.3 is 0 Å². The minimum atomic E-state index is 0.738. The number of hydrogen-bond acceptors (Lipinski definition) is 2. The molecule has 1 aromatic heterocycles. The Morgan fingerprint density at radius 2 is 2.06 bits per heavy atom. The van der Waals surface area contributed by atoms with Crippen LogP contribution in [0.4, 0.5) is 0 Å². The Bertz CT molecular complexity index is 458. The molecule has 1 aromatic rings. The fraction of sp³-hybridized carbons (Fsp3) is 0.643. The summed E-state index contributed by atoms with van der Waals surface area (Å²) >= 11 is 8.34. The maximum absolute atomic E-state index is 6.41. The van der Waals surface area contributed by atoms with Crippen molar-refractivity contribution in [1.29, 1.82) is 0 Å². The molecular weight excluding hydrogens is 266 g/mol. The van der Waals surface area contributed by atoms with Gasteiger partial charge < -0.3 is 0 Å². The molecule has 4 heteroatoms. The van der Waals surface area contributed by atoms with Crippen molar-refractivity contribution in [3.63, 3.8) is 0 Å². The van der Waals surface area contributed by atoms with E-state index in [0.29, 0.717) is 0 Å². The molecule has 0 aliphatic heterocycles. The Kier molecular flexibility index (Phi) is 3.71. The Hall–Kier alpha value is -0.410. The lowest BCUT2D eigenvalue weighted by atomic mass is 10.2. The second-order valence-corrected chi connectivity index (χ2v) is 6.84. The molecule has 0 atom stereocenters. The minimum Gasteiger partial charge on any atom is -0.273 e. The molecule has 0 bridgehead atoms. The van der Waals surface area contributed by atoms with Crippen molar-refractivity contribution in [3.8, 4) is 0 Å². The molecule has 98 valence electrons. The van der Waals surface area contributed by atoms with Gasteiger partial charge in [-0.05, 0) is 37.4 Å². The van der Waals surface area contributed by atoms with Gasteiger partial charge in [0.05, 0.1) is 5.02 Å². The molecule has 1 fully saturated rings. The van der Waals surface area contributed by atoms with Crippen LogP contribution in [0.3, 0.4) is 0 Å². The van der Waals surface area contributed by atoms with E-state index in [1.807, 2.05) is 16.5 Å². The molecule has 2 aliphatic carbocycles. The summed E-state index contributed by atoms with van der Waals surface area (Å²) in [5, 5.41) is 2.84. The van der Waals surface area contributed by atoms with E-state index >= 15 is 0 Å². The van der Waals surface area contributed by atoms with Gasteiger partial charge in [0.1, 0.15) is 7.11 Å². The molecule has 0 spiro atoms. The van der Waals surface area contributed by atoms with Gasteiger partial charge in [-0.3, -0.25) is 4.84 Å². The summed E-state index contributed by atoms with van der Waals surface area (Å²) in [5.41, 5.74) is 2.57. The average Bonchev–Trinajstić information content (AvgIpc) is 3.00. The first kappa shape index (κ1) is 12.6. The molecule has 0 unspecified atom stereocenters. The van der Waals surface area contributed by atoms with Gasteiger partial charge in [0, 0.05) is 28.0 Å². The summed E-state index contributed by atoms with van der Waals surface area (Å²) in [4.78, 5) is 5.59. The fourth-order valence-electron chi connectivity index (χ4n) is 3.06. The van der Waals surface area contributed by atoms with Crippen molar-refractivity contribution in [2.24, 2.45) is 0 Å². The highest BCUT2D eigenvalue weighted by Gasteiger charge is 2.32. The van der Waals surface area contributed by atoms with Gasteiger partial charge in [-0.2, -0.15) is 0 Å². The van der Waals surface area contributed by atoms with Crippen LogP contribution < -0.4 is 9.57 Å². The second kappa shape index (κ2) is 5.30. The molecule has 3 rings (SSSR count). The molecule has 2 nitrogen and oxygen atoms in total. The van der Waals surface area contributed by atoms with Crippen LogP contribution in [0.1, 0.15) is 43.4 Å². The molecule has 0 radical (unpaired) electrons. The lowest BCUT2D eigenvalue weighted by Crippen LogP contribution is -2.47. The predicted molar refractivity (Wildman–Crippen MR) is 74.3 cm³/mol. The average molecular weight is 285 g/mol. The molecule has 18 heavy (non-hydrogen) atoms. The Labute approximate surface area is 118 Å². The number of hydrogen-bond donors (Lipinski definition) is 0. The van der Waals surface area contributed by atoms with E-state index in [1.54, 1.807) is 7.11 Å². The number of halogens is 1. The molecule has 1 heterocycles. The predicted octanol–water partition coefficient (Wildman–Crippen LogP) is 3.21. The zero-order chi connectivity index (χ0) is 12.5. The van der Waals surface area contributed by atoms with Crippen LogP contribution in [-0.2, 0) is 12.8 Å². The maximum Gasteiger partial charge on any atom is 0.293 e. The third-order valence-electron chi connectivity index (χ3n) is 3.94. The second-order valence-electron chi connectivity index (χ2n) is 5.11. The number of aromatic nitrogens is 1. The topological polar surface area (TPSA) is 13.1 Å². The van der Waals surface area contributed by atoms with Crippen molar-refractivity contribution in [3.05, 3.63) is 22.3 Å². The Balaban J connectivity index is 1.95. The van der Waals surface area contributed by atoms with E-state index in [9.17, 15) is 0 Å². The van der Waals surface area contributed by atoms with Crippen LogP contribution in [0.5, 0.6) is 0 Å². The van der Waals surface area contributed by atoms with E-state index < -0.39 is 0 Å². The quantitative estimate of drug-likeness (QED) is 0.791. The third-order valence-corrected chi connectivity index (χ3v) is 5.61. The summed E-state index contributed by atoms with van der Waals surface area (Å²) in [7, 11) is 1.76. The number of pyridine rings is 1. The van der Waals surface area contributed by atoms with Gasteiger partial charge in [-0.1, -0.05) is 24.4 Å². The third kappa shape index (κ3) is 2.23. The summed E-state index contributed by atoms with van der Waals surface area (Å²) in [6.07, 6.45) is 8.74. The molecule has 0 aromatic carbocycles. The molecule has 1 saturated carbocycles. The fourth-order valence-corrected chi connectivity index (χ4v) is 4.80. The summed E-state index contributed by atoms with van der Waals surface area (Å²) in [6.45, 7) is 0. The van der Waals surface area contributed by atoms with Gasteiger partial charge in [0.15, 0.2) is 0 Å². The Morgan fingerprint density at radius 1 is 1.28 bits per heavy atom. The summed E-state index contributed by atoms with van der Waals surface area (Å²) in [6, 6.07) is 2.10. The summed E-state index contributed by atoms with van der Waals surface area (Å²) < 4.78 is 2.01. The number of fused-ring (bicyclic) bond motifs is 1. The van der Waals surface area contributed by atoms with Crippen molar-refractivity contribution < 1.29 is 9.57 Å². The number of nitrogens with zero attached hydrogens (tertiary/aromatic N) is 1. The van der Waals surface area contributed by atoms with E-state index in [-0.39, 0.29) is 0 Å². The van der Waals surface area contributed by atoms with Crippen molar-refractivity contribution in [2.45, 2.75) is 55.2 Å². The van der Waals surface area contributed by atoms with Gasteiger partial charge in [-0.25, -0.2) is 0 Å². The van der Waals surface area contributed by atoms with Gasteiger partial charge in [0.2, 0.25) is 5.69 Å². The Morgan fingerprint density at radius 3 is 2.78 bits per heavy atom. The minimum absolute atomic E-state index is 0.738. The highest BCUT2D eigenvalue weighted by Crippen LogP contribution is 2.36. The van der Waals surface area contributed by atoms with Gasteiger partial charge in [0.25, 0.3) is 5.03 Å². The maximum atomic E-state index is 6.41. The van der Waals surface area contributed by atoms with Crippen molar-refractivity contribution in [1.82, 2.24) is 0 Å². The zero-order valence-corrected chi connectivity index (χ0v) is 12.3. The lowest BCUT2D eigenvalue weighted by molar-refractivity contribution is -0.918. The first-order valence-electron chi connectivity index (χ1n) is 6.77. The molecule has 0 saturated heterocycles. The monoisotopic (exact) mass is 284 g/mol. The SMILES string of the molecule is CO[n+]1c(SC2CCCC2)cc(Cl)c2c1CCC2. The van der Waals surface area contributed by atoms with Crippen LogP contribution in [0.2, 0.25) is 5.02 Å². The van der Waals surface area contributed by atoms with Crippen molar-refractivity contribution in [2.75, 3.05) is 7.11 Å².